The molecule has 0 unspecified atom stereocenters. The van der Waals surface area contributed by atoms with Gasteiger partial charge in [-0.15, -0.1) is 0 Å². The van der Waals surface area contributed by atoms with Gasteiger partial charge in [0.15, 0.2) is 5.75 Å². The molecule has 9 heteroatoms. The average molecular weight is 387 g/mol. The van der Waals surface area contributed by atoms with Crippen molar-refractivity contribution in [2.75, 3.05) is 14.2 Å². The molecule has 0 aliphatic rings. The second-order valence-corrected chi connectivity index (χ2v) is 5.93. The van der Waals surface area contributed by atoms with Crippen LogP contribution in [0.2, 0.25) is 0 Å². The summed E-state index contributed by atoms with van der Waals surface area (Å²) < 4.78 is 15.8. The maximum absolute atomic E-state index is 12.1. The van der Waals surface area contributed by atoms with Crippen LogP contribution in [0.3, 0.4) is 0 Å². The second-order valence-electron chi connectivity index (χ2n) is 5.93. The van der Waals surface area contributed by atoms with Gasteiger partial charge in [0.2, 0.25) is 5.75 Å². The summed E-state index contributed by atoms with van der Waals surface area (Å²) in [6.45, 7) is 3.51. The number of amides is 1. The SMILES string of the molecule is COc1cccc(C(=O)N/N=C/c2cc(OC)c(OC(C)C)c([N+](=O)[O-])c2)c1. The van der Waals surface area contributed by atoms with Crippen LogP contribution < -0.4 is 19.6 Å². The Morgan fingerprint density at radius 1 is 1.21 bits per heavy atom. The van der Waals surface area contributed by atoms with Crippen LogP contribution in [0.15, 0.2) is 41.5 Å². The van der Waals surface area contributed by atoms with Crippen molar-refractivity contribution in [3.63, 3.8) is 0 Å². The number of nitro benzene ring substituents is 1. The maximum Gasteiger partial charge on any atom is 0.315 e. The number of rotatable bonds is 8. The molecule has 0 saturated heterocycles. The van der Waals surface area contributed by atoms with E-state index in [0.717, 1.165) is 0 Å². The summed E-state index contributed by atoms with van der Waals surface area (Å²) >= 11 is 0. The molecule has 0 saturated carbocycles. The Bertz CT molecular complexity index is 895. The van der Waals surface area contributed by atoms with Gasteiger partial charge in [-0.3, -0.25) is 14.9 Å². The molecule has 0 aliphatic carbocycles. The minimum absolute atomic E-state index is 0.0417. The molecule has 2 aromatic carbocycles. The van der Waals surface area contributed by atoms with Gasteiger partial charge in [-0.2, -0.15) is 5.10 Å². The average Bonchev–Trinajstić information content (AvgIpc) is 2.68. The molecule has 0 heterocycles. The number of hydrogen-bond acceptors (Lipinski definition) is 7. The van der Waals surface area contributed by atoms with E-state index in [0.29, 0.717) is 16.9 Å². The normalized spacial score (nSPS) is 10.8. The van der Waals surface area contributed by atoms with Gasteiger partial charge < -0.3 is 14.2 Å². The third-order valence-corrected chi connectivity index (χ3v) is 3.54. The molecule has 148 valence electrons. The molecule has 0 radical (unpaired) electrons. The molecule has 9 nitrogen and oxygen atoms in total. The smallest absolute Gasteiger partial charge is 0.315 e. The molecule has 2 rings (SSSR count). The summed E-state index contributed by atoms with van der Waals surface area (Å²) in [5, 5.41) is 15.3. The van der Waals surface area contributed by atoms with Gasteiger partial charge in [-0.1, -0.05) is 6.07 Å². The van der Waals surface area contributed by atoms with Gasteiger partial charge in [0.1, 0.15) is 5.75 Å². The highest BCUT2D eigenvalue weighted by atomic mass is 16.6. The van der Waals surface area contributed by atoms with E-state index in [2.05, 4.69) is 10.5 Å². The third-order valence-electron chi connectivity index (χ3n) is 3.54. The Morgan fingerprint density at radius 3 is 2.57 bits per heavy atom. The van der Waals surface area contributed by atoms with E-state index in [1.807, 2.05) is 0 Å². The second kappa shape index (κ2) is 9.36. The number of hydrazone groups is 1. The molecule has 0 fully saturated rings. The quantitative estimate of drug-likeness (QED) is 0.423. The van der Waals surface area contributed by atoms with Crippen LogP contribution in [0.5, 0.6) is 17.2 Å². The highest BCUT2D eigenvalue weighted by Crippen LogP contribution is 2.38. The van der Waals surface area contributed by atoms with E-state index in [4.69, 9.17) is 14.2 Å². The minimum atomic E-state index is -0.563. The highest BCUT2D eigenvalue weighted by Gasteiger charge is 2.23. The number of nitrogens with one attached hydrogen (secondary N) is 1. The van der Waals surface area contributed by atoms with Crippen LogP contribution in [0.25, 0.3) is 0 Å². The first kappa shape index (κ1) is 20.7. The summed E-state index contributed by atoms with van der Waals surface area (Å²) in [7, 11) is 2.89. The Kier molecular flexibility index (Phi) is 6.91. The monoisotopic (exact) mass is 387 g/mol. The summed E-state index contributed by atoms with van der Waals surface area (Å²) in [5.41, 5.74) is 2.84. The number of hydrogen-bond donors (Lipinski definition) is 1. The number of nitrogens with zero attached hydrogens (tertiary/aromatic N) is 2. The summed E-state index contributed by atoms with van der Waals surface area (Å²) in [6.07, 6.45) is 1.02. The first-order valence-electron chi connectivity index (χ1n) is 8.36. The van der Waals surface area contributed by atoms with Gasteiger partial charge in [-0.05, 0) is 38.1 Å². The molecule has 0 bridgehead atoms. The maximum atomic E-state index is 12.1. The van der Waals surface area contributed by atoms with Crippen LogP contribution in [0.1, 0.15) is 29.8 Å². The molecule has 1 N–H and O–H groups in total. The first-order chi connectivity index (χ1) is 13.3. The summed E-state index contributed by atoms with van der Waals surface area (Å²) in [6, 6.07) is 9.40. The van der Waals surface area contributed by atoms with E-state index in [9.17, 15) is 14.9 Å². The lowest BCUT2D eigenvalue weighted by atomic mass is 10.2. The molecule has 0 spiro atoms. The molecule has 0 aliphatic heterocycles. The molecular formula is C19H21N3O6. The number of carbonyl (C=O) groups is 1. The zero-order valence-corrected chi connectivity index (χ0v) is 16.0. The van der Waals surface area contributed by atoms with E-state index in [1.165, 1.54) is 32.6 Å². The molecule has 0 aromatic heterocycles. The zero-order valence-electron chi connectivity index (χ0n) is 16.0. The first-order valence-corrected chi connectivity index (χ1v) is 8.36. The number of methoxy groups -OCH3 is 2. The number of nitro groups is 1. The van der Waals surface area contributed by atoms with Crippen LogP contribution in [-0.2, 0) is 0 Å². The van der Waals surface area contributed by atoms with Crippen LogP contribution in [0, 0.1) is 10.1 Å². The van der Waals surface area contributed by atoms with Crippen molar-refractivity contribution in [1.82, 2.24) is 5.43 Å². The molecular weight excluding hydrogens is 366 g/mol. The van der Waals surface area contributed by atoms with Crippen molar-refractivity contribution in [3.05, 3.63) is 57.6 Å². The Labute approximate surface area is 162 Å². The van der Waals surface area contributed by atoms with E-state index >= 15 is 0 Å². The lowest BCUT2D eigenvalue weighted by Crippen LogP contribution is -2.17. The predicted molar refractivity (Wildman–Crippen MR) is 103 cm³/mol. The van der Waals surface area contributed by atoms with Gasteiger partial charge in [0.05, 0.1) is 31.5 Å². The van der Waals surface area contributed by atoms with Crippen molar-refractivity contribution < 1.29 is 23.9 Å². The Hall–Kier alpha value is -3.62. The van der Waals surface area contributed by atoms with Crippen molar-refractivity contribution >= 4 is 17.8 Å². The van der Waals surface area contributed by atoms with Crippen molar-refractivity contribution in [1.29, 1.82) is 0 Å². The number of ether oxygens (including phenoxy) is 3. The molecule has 0 atom stereocenters. The van der Waals surface area contributed by atoms with Crippen LogP contribution >= 0.6 is 0 Å². The largest absolute Gasteiger partial charge is 0.497 e. The zero-order chi connectivity index (χ0) is 20.7. The topological polar surface area (TPSA) is 112 Å². The Morgan fingerprint density at radius 2 is 1.96 bits per heavy atom. The summed E-state index contributed by atoms with van der Waals surface area (Å²) in [4.78, 5) is 23.0. The number of carbonyl (C=O) groups excluding carboxylic acids is 1. The fraction of sp³-hybridized carbons (Fsp3) is 0.263. The number of benzene rings is 2. The van der Waals surface area contributed by atoms with E-state index in [1.54, 1.807) is 38.1 Å². The fourth-order valence-corrected chi connectivity index (χ4v) is 2.32. The van der Waals surface area contributed by atoms with Crippen LogP contribution in [0.4, 0.5) is 5.69 Å². The van der Waals surface area contributed by atoms with E-state index < -0.39 is 10.8 Å². The van der Waals surface area contributed by atoms with Crippen LogP contribution in [-0.4, -0.2) is 37.4 Å². The van der Waals surface area contributed by atoms with Gasteiger partial charge in [0, 0.05) is 17.2 Å². The van der Waals surface area contributed by atoms with Crippen molar-refractivity contribution in [2.24, 2.45) is 5.10 Å². The van der Waals surface area contributed by atoms with Gasteiger partial charge in [0.25, 0.3) is 5.91 Å². The molecule has 2 aromatic rings. The lowest BCUT2D eigenvalue weighted by Gasteiger charge is -2.14. The lowest BCUT2D eigenvalue weighted by molar-refractivity contribution is -0.386. The van der Waals surface area contributed by atoms with Crippen molar-refractivity contribution in [3.8, 4) is 17.2 Å². The fourth-order valence-electron chi connectivity index (χ4n) is 2.32. The van der Waals surface area contributed by atoms with Gasteiger partial charge in [-0.25, -0.2) is 5.43 Å². The highest BCUT2D eigenvalue weighted by molar-refractivity contribution is 5.95. The third kappa shape index (κ3) is 5.19. The molecule has 28 heavy (non-hydrogen) atoms. The standard InChI is InChI=1S/C19H21N3O6/c1-12(2)28-18-16(22(24)25)8-13(9-17(18)27-4)11-20-21-19(23)14-6-5-7-15(10-14)26-3/h5-12H,1-4H3,(H,21,23)/b20-11+. The minimum Gasteiger partial charge on any atom is -0.497 e. The van der Waals surface area contributed by atoms with E-state index in [-0.39, 0.29) is 23.3 Å². The van der Waals surface area contributed by atoms with Crippen molar-refractivity contribution in [2.45, 2.75) is 20.0 Å². The Balaban J connectivity index is 2.23. The van der Waals surface area contributed by atoms with Gasteiger partial charge >= 0.3 is 5.69 Å². The molecule has 1 amide bonds. The summed E-state index contributed by atoms with van der Waals surface area (Å²) in [5.74, 6) is 0.331. The predicted octanol–water partition coefficient (Wildman–Crippen LogP) is 3.16.